The van der Waals surface area contributed by atoms with Crippen LogP contribution in [-0.4, -0.2) is 29.9 Å². The van der Waals surface area contributed by atoms with Crippen LogP contribution in [0.2, 0.25) is 0 Å². The first-order valence-electron chi connectivity index (χ1n) is 5.43. The molecule has 0 aromatic rings. The molecule has 2 atom stereocenters. The summed E-state index contributed by atoms with van der Waals surface area (Å²) in [5.41, 5.74) is 0. The van der Waals surface area contributed by atoms with Crippen molar-refractivity contribution in [3.8, 4) is 0 Å². The van der Waals surface area contributed by atoms with Gasteiger partial charge in [0.15, 0.2) is 0 Å². The van der Waals surface area contributed by atoms with E-state index in [1.54, 1.807) is 6.92 Å². The minimum absolute atomic E-state index is 0.0578. The molecule has 0 saturated carbocycles. The molecule has 0 aromatic carbocycles. The Kier molecular flexibility index (Phi) is 6.96. The maximum absolute atomic E-state index is 10.9. The third-order valence-corrected chi connectivity index (χ3v) is 2.68. The Labute approximate surface area is 91.1 Å². The highest BCUT2D eigenvalue weighted by atomic mass is 16.4. The van der Waals surface area contributed by atoms with Gasteiger partial charge in [-0.25, -0.2) is 0 Å². The fourth-order valence-corrected chi connectivity index (χ4v) is 1.20. The average Bonchev–Trinajstić information content (AvgIpc) is 2.16. The van der Waals surface area contributed by atoms with Crippen LogP contribution in [0, 0.1) is 11.8 Å². The Morgan fingerprint density at radius 1 is 1.40 bits per heavy atom. The number of hydrogen-bond acceptors (Lipinski definition) is 3. The largest absolute Gasteiger partial charge is 0.481 e. The number of carboxylic acids is 1. The summed E-state index contributed by atoms with van der Waals surface area (Å²) in [6, 6.07) is 0. The van der Waals surface area contributed by atoms with E-state index in [1.807, 2.05) is 13.8 Å². The van der Waals surface area contributed by atoms with Crippen LogP contribution in [0.15, 0.2) is 0 Å². The lowest BCUT2D eigenvalue weighted by Crippen LogP contribution is -2.29. The number of Topliss-reactive ketones (excluding diaryl/α,β-unsaturated/α-hetero) is 1. The van der Waals surface area contributed by atoms with E-state index in [0.717, 1.165) is 6.42 Å². The maximum Gasteiger partial charge on any atom is 0.307 e. The summed E-state index contributed by atoms with van der Waals surface area (Å²) in [7, 11) is 0. The Morgan fingerprint density at radius 2 is 2.00 bits per heavy atom. The van der Waals surface area contributed by atoms with Gasteiger partial charge >= 0.3 is 5.97 Å². The van der Waals surface area contributed by atoms with Gasteiger partial charge in [0, 0.05) is 12.5 Å². The molecule has 88 valence electrons. The monoisotopic (exact) mass is 215 g/mol. The third-order valence-electron chi connectivity index (χ3n) is 2.68. The van der Waals surface area contributed by atoms with Gasteiger partial charge in [0.05, 0.1) is 5.92 Å². The van der Waals surface area contributed by atoms with Crippen LogP contribution in [0.25, 0.3) is 0 Å². The van der Waals surface area contributed by atoms with E-state index >= 15 is 0 Å². The Morgan fingerprint density at radius 3 is 2.40 bits per heavy atom. The highest BCUT2D eigenvalue weighted by Crippen LogP contribution is 2.03. The highest BCUT2D eigenvalue weighted by molar-refractivity contribution is 5.77. The van der Waals surface area contributed by atoms with Crippen LogP contribution in [0.4, 0.5) is 0 Å². The number of carbonyl (C=O) groups excluding carboxylic acids is 1. The first-order chi connectivity index (χ1) is 6.99. The molecular weight excluding hydrogens is 194 g/mol. The van der Waals surface area contributed by atoms with Crippen molar-refractivity contribution in [3.05, 3.63) is 0 Å². The number of rotatable bonds is 8. The molecule has 0 bridgehead atoms. The molecule has 0 radical (unpaired) electrons. The summed E-state index contributed by atoms with van der Waals surface area (Å²) in [6.45, 7) is 6.51. The molecule has 0 rings (SSSR count). The van der Waals surface area contributed by atoms with E-state index < -0.39 is 5.97 Å². The van der Waals surface area contributed by atoms with Crippen LogP contribution in [0.5, 0.6) is 0 Å². The van der Waals surface area contributed by atoms with Crippen molar-refractivity contribution in [1.82, 2.24) is 5.32 Å². The summed E-state index contributed by atoms with van der Waals surface area (Å²) in [5.74, 6) is -0.841. The molecule has 2 N–H and O–H groups in total. The van der Waals surface area contributed by atoms with E-state index in [0.29, 0.717) is 19.5 Å². The predicted octanol–water partition coefficient (Wildman–Crippen LogP) is 1.30. The first-order valence-corrected chi connectivity index (χ1v) is 5.43. The second-order valence-corrected chi connectivity index (χ2v) is 3.95. The van der Waals surface area contributed by atoms with Crippen molar-refractivity contribution in [3.63, 3.8) is 0 Å². The van der Waals surface area contributed by atoms with Crippen molar-refractivity contribution in [1.29, 1.82) is 0 Å². The summed E-state index contributed by atoms with van der Waals surface area (Å²) >= 11 is 0. The van der Waals surface area contributed by atoms with Gasteiger partial charge in [-0.1, -0.05) is 13.8 Å². The van der Waals surface area contributed by atoms with Gasteiger partial charge in [0.2, 0.25) is 0 Å². The zero-order valence-corrected chi connectivity index (χ0v) is 9.75. The van der Waals surface area contributed by atoms with Gasteiger partial charge in [-0.15, -0.1) is 0 Å². The molecule has 0 fully saturated rings. The van der Waals surface area contributed by atoms with Crippen LogP contribution in [0.3, 0.4) is 0 Å². The van der Waals surface area contributed by atoms with Crippen molar-refractivity contribution in [2.24, 2.45) is 11.8 Å². The van der Waals surface area contributed by atoms with Crippen LogP contribution in [0.1, 0.15) is 33.6 Å². The molecule has 0 amide bonds. The van der Waals surface area contributed by atoms with Crippen LogP contribution in [-0.2, 0) is 9.59 Å². The van der Waals surface area contributed by atoms with Crippen LogP contribution >= 0.6 is 0 Å². The van der Waals surface area contributed by atoms with Crippen LogP contribution < -0.4 is 5.32 Å². The highest BCUT2D eigenvalue weighted by Gasteiger charge is 2.14. The standard InChI is InChI=1S/C11H21NO3/c1-4-10(11(14)15)7-12-6-5-8(2)9(3)13/h8,10,12H,4-7H2,1-3H3,(H,14,15). The number of carbonyl (C=O) groups is 2. The Balaban J connectivity index is 3.61. The van der Waals surface area contributed by atoms with E-state index in [-0.39, 0.29) is 17.6 Å². The Hall–Kier alpha value is -0.900. The lowest BCUT2D eigenvalue weighted by Gasteiger charge is -2.12. The molecule has 0 aliphatic carbocycles. The zero-order chi connectivity index (χ0) is 11.8. The molecule has 4 heteroatoms. The van der Waals surface area contributed by atoms with E-state index in [2.05, 4.69) is 5.32 Å². The predicted molar refractivity (Wildman–Crippen MR) is 58.7 cm³/mol. The van der Waals surface area contributed by atoms with E-state index in [1.165, 1.54) is 0 Å². The van der Waals surface area contributed by atoms with Gasteiger partial charge in [0.1, 0.15) is 5.78 Å². The molecule has 15 heavy (non-hydrogen) atoms. The SMILES string of the molecule is CCC(CNCCC(C)C(C)=O)C(=O)O. The number of carboxylic acid groups (broad SMARTS) is 1. The van der Waals surface area contributed by atoms with Gasteiger partial charge in [-0.05, 0) is 26.3 Å². The van der Waals surface area contributed by atoms with Crippen molar-refractivity contribution >= 4 is 11.8 Å². The van der Waals surface area contributed by atoms with Gasteiger partial charge in [-0.2, -0.15) is 0 Å². The molecule has 2 unspecified atom stereocenters. The first kappa shape index (κ1) is 14.1. The third kappa shape index (κ3) is 6.23. The van der Waals surface area contributed by atoms with Gasteiger partial charge in [-0.3, -0.25) is 9.59 Å². The molecule has 0 aliphatic rings. The van der Waals surface area contributed by atoms with Crippen molar-refractivity contribution < 1.29 is 14.7 Å². The van der Waals surface area contributed by atoms with E-state index in [4.69, 9.17) is 5.11 Å². The fraction of sp³-hybridized carbons (Fsp3) is 0.818. The van der Waals surface area contributed by atoms with Crippen molar-refractivity contribution in [2.45, 2.75) is 33.6 Å². The summed E-state index contributed by atoms with van der Waals surface area (Å²) in [4.78, 5) is 21.6. The summed E-state index contributed by atoms with van der Waals surface area (Å²) < 4.78 is 0. The molecule has 0 aliphatic heterocycles. The minimum Gasteiger partial charge on any atom is -0.481 e. The number of ketones is 1. The number of aliphatic carboxylic acids is 1. The second-order valence-electron chi connectivity index (χ2n) is 3.95. The summed E-state index contributed by atoms with van der Waals surface area (Å²) in [5, 5.41) is 11.8. The average molecular weight is 215 g/mol. The topological polar surface area (TPSA) is 66.4 Å². The minimum atomic E-state index is -0.760. The lowest BCUT2D eigenvalue weighted by atomic mass is 10.0. The molecule has 0 aromatic heterocycles. The van der Waals surface area contributed by atoms with Gasteiger partial charge in [0.25, 0.3) is 0 Å². The Bertz CT molecular complexity index is 216. The van der Waals surface area contributed by atoms with E-state index in [9.17, 15) is 9.59 Å². The maximum atomic E-state index is 10.9. The zero-order valence-electron chi connectivity index (χ0n) is 9.75. The molecular formula is C11H21NO3. The number of hydrogen-bond donors (Lipinski definition) is 2. The smallest absolute Gasteiger partial charge is 0.307 e. The molecule has 0 saturated heterocycles. The molecule has 0 heterocycles. The second kappa shape index (κ2) is 7.40. The lowest BCUT2D eigenvalue weighted by molar-refractivity contribution is -0.141. The fourth-order valence-electron chi connectivity index (χ4n) is 1.20. The van der Waals surface area contributed by atoms with Gasteiger partial charge < -0.3 is 10.4 Å². The van der Waals surface area contributed by atoms with Crippen molar-refractivity contribution in [2.75, 3.05) is 13.1 Å². The molecule has 0 spiro atoms. The quantitative estimate of drug-likeness (QED) is 0.599. The normalized spacial score (nSPS) is 14.6. The number of nitrogens with one attached hydrogen (secondary N) is 1. The summed E-state index contributed by atoms with van der Waals surface area (Å²) in [6.07, 6.45) is 1.40. The molecule has 4 nitrogen and oxygen atoms in total.